The second-order valence-electron chi connectivity index (χ2n) is 7.53. The van der Waals surface area contributed by atoms with E-state index in [9.17, 15) is 0 Å². The van der Waals surface area contributed by atoms with Crippen molar-refractivity contribution >= 4 is 11.3 Å². The molecular weight excluding hydrogens is 266 g/mol. The van der Waals surface area contributed by atoms with Gasteiger partial charge in [-0.2, -0.15) is 0 Å². The summed E-state index contributed by atoms with van der Waals surface area (Å²) in [7, 11) is 0. The highest BCUT2D eigenvalue weighted by Crippen LogP contribution is 2.66. The van der Waals surface area contributed by atoms with Gasteiger partial charge in [0.2, 0.25) is 0 Å². The molecule has 2 nitrogen and oxygen atoms in total. The second-order valence-corrected chi connectivity index (χ2v) is 8.51. The van der Waals surface area contributed by atoms with E-state index < -0.39 is 0 Å². The summed E-state index contributed by atoms with van der Waals surface area (Å²) in [6.45, 7) is 9.35. The first-order valence-corrected chi connectivity index (χ1v) is 8.68. The minimum Gasteiger partial charge on any atom is -0.367 e. The summed E-state index contributed by atoms with van der Waals surface area (Å²) in [6, 6.07) is 4.28. The monoisotopic (exact) mass is 293 g/mol. The van der Waals surface area contributed by atoms with Crippen LogP contribution in [0, 0.1) is 16.7 Å². The lowest BCUT2D eigenvalue weighted by atomic mass is 9.70. The number of nitrogens with two attached hydrogens (primary N) is 1. The Hall–Kier alpha value is -0.380. The zero-order valence-electron chi connectivity index (χ0n) is 13.1. The molecule has 2 aliphatic carbocycles. The standard InChI is InChI=1S/C17H27NOS/c1-11(18)15(13-6-5-9-20-13)19-14-10-12-7-8-17(14,4)16(12,2)3/h5-6,9,11-12,14-15H,7-8,10,18H2,1-4H3. The molecule has 1 aromatic rings. The lowest BCUT2D eigenvalue weighted by Crippen LogP contribution is -2.40. The third kappa shape index (κ3) is 1.98. The quantitative estimate of drug-likeness (QED) is 0.894. The van der Waals surface area contributed by atoms with E-state index in [0.717, 1.165) is 5.92 Å². The maximum absolute atomic E-state index is 6.58. The summed E-state index contributed by atoms with van der Waals surface area (Å²) >= 11 is 1.76. The van der Waals surface area contributed by atoms with E-state index in [-0.39, 0.29) is 12.1 Å². The lowest BCUT2D eigenvalue weighted by Gasteiger charge is -2.40. The van der Waals surface area contributed by atoms with Crippen LogP contribution in [0.2, 0.25) is 0 Å². The van der Waals surface area contributed by atoms with Gasteiger partial charge in [-0.3, -0.25) is 0 Å². The fourth-order valence-electron chi connectivity index (χ4n) is 4.42. The predicted octanol–water partition coefficient (Wildman–Crippen LogP) is 4.37. The fourth-order valence-corrected chi connectivity index (χ4v) is 5.29. The molecule has 20 heavy (non-hydrogen) atoms. The molecule has 2 saturated carbocycles. The molecule has 3 rings (SSSR count). The van der Waals surface area contributed by atoms with Crippen LogP contribution < -0.4 is 5.73 Å². The van der Waals surface area contributed by atoms with E-state index in [2.05, 4.69) is 45.2 Å². The third-order valence-corrected chi connectivity index (χ3v) is 7.26. The van der Waals surface area contributed by atoms with E-state index in [0.29, 0.717) is 16.9 Å². The highest BCUT2D eigenvalue weighted by atomic mass is 32.1. The van der Waals surface area contributed by atoms with Crippen molar-refractivity contribution in [2.24, 2.45) is 22.5 Å². The molecule has 3 heteroatoms. The zero-order valence-corrected chi connectivity index (χ0v) is 13.9. The summed E-state index contributed by atoms with van der Waals surface area (Å²) in [5.74, 6) is 0.814. The van der Waals surface area contributed by atoms with Crippen LogP contribution in [-0.4, -0.2) is 12.1 Å². The SMILES string of the molecule is CC(N)C(OC1CC2CCC1(C)C2(C)C)c1cccs1. The minimum atomic E-state index is 0.0412. The lowest BCUT2D eigenvalue weighted by molar-refractivity contribution is -0.0931. The molecule has 2 N–H and O–H groups in total. The first-order chi connectivity index (χ1) is 9.36. The van der Waals surface area contributed by atoms with Crippen molar-refractivity contribution in [2.75, 3.05) is 0 Å². The van der Waals surface area contributed by atoms with Gasteiger partial charge in [0, 0.05) is 10.9 Å². The Balaban J connectivity index is 1.81. The Morgan fingerprint density at radius 3 is 2.60 bits per heavy atom. The number of ether oxygens (including phenoxy) is 1. The van der Waals surface area contributed by atoms with Crippen molar-refractivity contribution in [2.45, 2.75) is 65.2 Å². The maximum atomic E-state index is 6.58. The smallest absolute Gasteiger partial charge is 0.107 e. The van der Waals surface area contributed by atoms with Crippen molar-refractivity contribution in [1.29, 1.82) is 0 Å². The Morgan fingerprint density at radius 2 is 2.15 bits per heavy atom. The summed E-state index contributed by atoms with van der Waals surface area (Å²) < 4.78 is 6.58. The number of thiophene rings is 1. The zero-order chi connectivity index (χ0) is 14.5. The number of hydrogen-bond acceptors (Lipinski definition) is 3. The highest BCUT2D eigenvalue weighted by Gasteiger charge is 2.62. The topological polar surface area (TPSA) is 35.2 Å². The molecule has 2 aliphatic rings. The normalized spacial score (nSPS) is 38.0. The van der Waals surface area contributed by atoms with Crippen LogP contribution >= 0.6 is 11.3 Å². The van der Waals surface area contributed by atoms with E-state index in [1.165, 1.54) is 24.1 Å². The molecule has 0 aliphatic heterocycles. The Kier molecular flexibility index (Phi) is 3.51. The highest BCUT2D eigenvalue weighted by molar-refractivity contribution is 7.10. The summed E-state index contributed by atoms with van der Waals surface area (Å²) in [5, 5.41) is 2.11. The van der Waals surface area contributed by atoms with Crippen molar-refractivity contribution < 1.29 is 4.74 Å². The van der Waals surface area contributed by atoms with Gasteiger partial charge in [-0.05, 0) is 54.4 Å². The molecule has 0 spiro atoms. The largest absolute Gasteiger partial charge is 0.367 e. The average Bonchev–Trinajstić information content (AvgIpc) is 3.00. The van der Waals surface area contributed by atoms with Crippen LogP contribution in [0.5, 0.6) is 0 Å². The molecule has 0 amide bonds. The maximum Gasteiger partial charge on any atom is 0.107 e. The van der Waals surface area contributed by atoms with Gasteiger partial charge in [0.25, 0.3) is 0 Å². The first kappa shape index (κ1) is 14.6. The van der Waals surface area contributed by atoms with Crippen molar-refractivity contribution in [3.63, 3.8) is 0 Å². The number of hydrogen-bond donors (Lipinski definition) is 1. The second kappa shape index (κ2) is 4.82. The van der Waals surface area contributed by atoms with Gasteiger partial charge in [0.1, 0.15) is 6.10 Å². The molecular formula is C17H27NOS. The van der Waals surface area contributed by atoms with E-state index in [1.807, 2.05) is 0 Å². The molecule has 2 fully saturated rings. The van der Waals surface area contributed by atoms with Gasteiger partial charge in [-0.25, -0.2) is 0 Å². The van der Waals surface area contributed by atoms with Gasteiger partial charge in [0.15, 0.2) is 0 Å². The summed E-state index contributed by atoms with van der Waals surface area (Å²) in [6.07, 6.45) is 4.27. The van der Waals surface area contributed by atoms with Crippen molar-refractivity contribution in [3.05, 3.63) is 22.4 Å². The van der Waals surface area contributed by atoms with E-state index in [4.69, 9.17) is 10.5 Å². The van der Waals surface area contributed by atoms with Gasteiger partial charge in [0.05, 0.1) is 6.10 Å². The average molecular weight is 293 g/mol. The molecule has 2 bridgehead atoms. The Morgan fingerprint density at radius 1 is 1.40 bits per heavy atom. The minimum absolute atomic E-state index is 0.0412. The van der Waals surface area contributed by atoms with E-state index in [1.54, 1.807) is 11.3 Å². The molecule has 5 unspecified atom stereocenters. The Labute approximate surface area is 126 Å². The van der Waals surface area contributed by atoms with Crippen molar-refractivity contribution in [1.82, 2.24) is 0 Å². The summed E-state index contributed by atoms with van der Waals surface area (Å²) in [5.41, 5.74) is 6.90. The van der Waals surface area contributed by atoms with Crippen LogP contribution in [0.1, 0.15) is 57.9 Å². The first-order valence-electron chi connectivity index (χ1n) is 7.80. The molecule has 1 aromatic heterocycles. The van der Waals surface area contributed by atoms with Crippen LogP contribution in [0.3, 0.4) is 0 Å². The number of fused-ring (bicyclic) bond motifs is 2. The number of rotatable bonds is 4. The van der Waals surface area contributed by atoms with Gasteiger partial charge in [-0.15, -0.1) is 11.3 Å². The molecule has 112 valence electrons. The van der Waals surface area contributed by atoms with Gasteiger partial charge < -0.3 is 10.5 Å². The fraction of sp³-hybridized carbons (Fsp3) is 0.765. The molecule has 5 atom stereocenters. The third-order valence-electron chi connectivity index (χ3n) is 6.33. The van der Waals surface area contributed by atoms with Crippen LogP contribution in [-0.2, 0) is 4.74 Å². The van der Waals surface area contributed by atoms with E-state index >= 15 is 0 Å². The van der Waals surface area contributed by atoms with Gasteiger partial charge >= 0.3 is 0 Å². The molecule has 0 radical (unpaired) electrons. The molecule has 0 saturated heterocycles. The Bertz CT molecular complexity index is 467. The van der Waals surface area contributed by atoms with Crippen molar-refractivity contribution in [3.8, 4) is 0 Å². The van der Waals surface area contributed by atoms with Gasteiger partial charge in [-0.1, -0.05) is 26.8 Å². The van der Waals surface area contributed by atoms with Crippen LogP contribution in [0.15, 0.2) is 17.5 Å². The predicted molar refractivity (Wildman–Crippen MR) is 84.8 cm³/mol. The molecule has 0 aromatic carbocycles. The molecule has 1 heterocycles. The van der Waals surface area contributed by atoms with Crippen LogP contribution in [0.25, 0.3) is 0 Å². The summed E-state index contributed by atoms with van der Waals surface area (Å²) in [4.78, 5) is 1.27. The van der Waals surface area contributed by atoms with Crippen LogP contribution in [0.4, 0.5) is 0 Å².